The summed E-state index contributed by atoms with van der Waals surface area (Å²) in [5, 5.41) is 0. The maximum atomic E-state index is 4.46. The topological polar surface area (TPSA) is 12.9 Å². The van der Waals surface area contributed by atoms with E-state index in [0.717, 1.165) is 15.9 Å². The second-order valence-corrected chi connectivity index (χ2v) is 4.84. The molecule has 0 fully saturated rings. The smallest absolute Gasteiger partial charge is 0.106 e. The zero-order valence-corrected chi connectivity index (χ0v) is 9.85. The second kappa shape index (κ2) is 3.62. The van der Waals surface area contributed by atoms with Gasteiger partial charge in [0, 0.05) is 5.41 Å². The molecule has 0 atom stereocenters. The van der Waals surface area contributed by atoms with E-state index in [2.05, 4.69) is 48.3 Å². The summed E-state index contributed by atoms with van der Waals surface area (Å²) < 4.78 is 0.878. The number of hydrogen-bond acceptors (Lipinski definition) is 1. The van der Waals surface area contributed by atoms with Crippen LogP contribution in [0.5, 0.6) is 0 Å². The standard InChI is InChI=1S/C11H14BrN/c1-5-8-6-7-9(12)13-10(8)11(2,3)4/h5-7H,1H2,2-4H3. The minimum Gasteiger partial charge on any atom is -0.245 e. The van der Waals surface area contributed by atoms with Gasteiger partial charge in [0.1, 0.15) is 4.60 Å². The summed E-state index contributed by atoms with van der Waals surface area (Å²) >= 11 is 3.37. The van der Waals surface area contributed by atoms with Crippen molar-refractivity contribution in [3.05, 3.63) is 34.6 Å². The Labute approximate surface area is 88.0 Å². The van der Waals surface area contributed by atoms with Gasteiger partial charge in [-0.15, -0.1) is 0 Å². The molecule has 0 saturated carbocycles. The molecule has 0 radical (unpaired) electrons. The lowest BCUT2D eigenvalue weighted by Crippen LogP contribution is -2.15. The van der Waals surface area contributed by atoms with Crippen LogP contribution in [0.2, 0.25) is 0 Å². The summed E-state index contributed by atoms with van der Waals surface area (Å²) in [6.45, 7) is 10.2. The molecule has 0 bridgehead atoms. The summed E-state index contributed by atoms with van der Waals surface area (Å²) in [6.07, 6.45) is 1.85. The van der Waals surface area contributed by atoms with Crippen molar-refractivity contribution in [1.82, 2.24) is 4.98 Å². The molecule has 0 unspecified atom stereocenters. The van der Waals surface area contributed by atoms with Crippen LogP contribution in [0.4, 0.5) is 0 Å². The first-order valence-electron chi connectivity index (χ1n) is 4.24. The molecule has 1 rings (SSSR count). The molecule has 0 amide bonds. The Bertz CT molecular complexity index is 323. The van der Waals surface area contributed by atoms with Crippen LogP contribution < -0.4 is 0 Å². The van der Waals surface area contributed by atoms with Crippen LogP contribution in [0.3, 0.4) is 0 Å². The maximum Gasteiger partial charge on any atom is 0.106 e. The van der Waals surface area contributed by atoms with Gasteiger partial charge in [0.15, 0.2) is 0 Å². The first kappa shape index (κ1) is 10.5. The van der Waals surface area contributed by atoms with E-state index in [1.165, 1.54) is 0 Å². The van der Waals surface area contributed by atoms with Crippen LogP contribution in [0.1, 0.15) is 32.0 Å². The SMILES string of the molecule is C=Cc1ccc(Br)nc1C(C)(C)C. The number of nitrogens with zero attached hydrogens (tertiary/aromatic N) is 1. The average Bonchev–Trinajstić information content (AvgIpc) is 2.03. The molecule has 2 heteroatoms. The first-order chi connectivity index (χ1) is 5.95. The van der Waals surface area contributed by atoms with Gasteiger partial charge in [-0.25, -0.2) is 4.98 Å². The number of pyridine rings is 1. The van der Waals surface area contributed by atoms with E-state index in [4.69, 9.17) is 0 Å². The largest absolute Gasteiger partial charge is 0.245 e. The van der Waals surface area contributed by atoms with Gasteiger partial charge >= 0.3 is 0 Å². The molecule has 0 aromatic carbocycles. The molecule has 70 valence electrons. The van der Waals surface area contributed by atoms with Gasteiger partial charge in [0.05, 0.1) is 5.69 Å². The van der Waals surface area contributed by atoms with Gasteiger partial charge < -0.3 is 0 Å². The zero-order chi connectivity index (χ0) is 10.1. The van der Waals surface area contributed by atoms with Crippen LogP contribution in [0.25, 0.3) is 6.08 Å². The summed E-state index contributed by atoms with van der Waals surface area (Å²) in [6, 6.07) is 3.97. The maximum absolute atomic E-state index is 4.46. The van der Waals surface area contributed by atoms with E-state index in [1.807, 2.05) is 18.2 Å². The molecule has 1 heterocycles. The second-order valence-electron chi connectivity index (χ2n) is 4.03. The van der Waals surface area contributed by atoms with Crippen molar-refractivity contribution in [1.29, 1.82) is 0 Å². The van der Waals surface area contributed by atoms with Crippen LogP contribution in [0.15, 0.2) is 23.3 Å². The summed E-state index contributed by atoms with van der Waals surface area (Å²) in [7, 11) is 0. The van der Waals surface area contributed by atoms with Crippen LogP contribution >= 0.6 is 15.9 Å². The zero-order valence-electron chi connectivity index (χ0n) is 8.26. The average molecular weight is 240 g/mol. The first-order valence-corrected chi connectivity index (χ1v) is 5.04. The highest BCUT2D eigenvalue weighted by Gasteiger charge is 2.18. The van der Waals surface area contributed by atoms with Gasteiger partial charge in [-0.1, -0.05) is 39.5 Å². The van der Waals surface area contributed by atoms with Gasteiger partial charge in [0.2, 0.25) is 0 Å². The van der Waals surface area contributed by atoms with Crippen LogP contribution in [-0.2, 0) is 5.41 Å². The van der Waals surface area contributed by atoms with E-state index in [0.29, 0.717) is 0 Å². The van der Waals surface area contributed by atoms with Gasteiger partial charge in [0.25, 0.3) is 0 Å². The van der Waals surface area contributed by atoms with Crippen molar-refractivity contribution >= 4 is 22.0 Å². The quantitative estimate of drug-likeness (QED) is 0.680. The fraction of sp³-hybridized carbons (Fsp3) is 0.364. The molecule has 13 heavy (non-hydrogen) atoms. The van der Waals surface area contributed by atoms with Crippen molar-refractivity contribution in [2.24, 2.45) is 0 Å². The van der Waals surface area contributed by atoms with Crippen molar-refractivity contribution in [2.75, 3.05) is 0 Å². The molecule has 1 aromatic rings. The third kappa shape index (κ3) is 2.41. The molecule has 0 aliphatic carbocycles. The molecule has 1 nitrogen and oxygen atoms in total. The van der Waals surface area contributed by atoms with E-state index in [1.54, 1.807) is 0 Å². The molecule has 0 aliphatic heterocycles. The van der Waals surface area contributed by atoms with E-state index >= 15 is 0 Å². The van der Waals surface area contributed by atoms with Crippen molar-refractivity contribution < 1.29 is 0 Å². The predicted octanol–water partition coefficient (Wildman–Crippen LogP) is 3.78. The van der Waals surface area contributed by atoms with Gasteiger partial charge in [-0.3, -0.25) is 0 Å². The fourth-order valence-corrected chi connectivity index (χ4v) is 1.52. The number of hydrogen-bond donors (Lipinski definition) is 0. The predicted molar refractivity (Wildman–Crippen MR) is 60.7 cm³/mol. The highest BCUT2D eigenvalue weighted by Crippen LogP contribution is 2.26. The highest BCUT2D eigenvalue weighted by molar-refractivity contribution is 9.10. The normalized spacial score (nSPS) is 11.4. The molecular formula is C11H14BrN. The Hall–Kier alpha value is -0.630. The van der Waals surface area contributed by atoms with E-state index < -0.39 is 0 Å². The monoisotopic (exact) mass is 239 g/mol. The fourth-order valence-electron chi connectivity index (χ4n) is 1.21. The lowest BCUT2D eigenvalue weighted by atomic mass is 9.88. The number of rotatable bonds is 1. The Morgan fingerprint density at radius 3 is 2.46 bits per heavy atom. The lowest BCUT2D eigenvalue weighted by Gasteiger charge is -2.20. The Morgan fingerprint density at radius 2 is 2.00 bits per heavy atom. The Kier molecular flexibility index (Phi) is 2.91. The Morgan fingerprint density at radius 1 is 1.38 bits per heavy atom. The van der Waals surface area contributed by atoms with Crippen molar-refractivity contribution in [3.63, 3.8) is 0 Å². The van der Waals surface area contributed by atoms with Crippen molar-refractivity contribution in [2.45, 2.75) is 26.2 Å². The minimum absolute atomic E-state index is 0.0628. The summed E-state index contributed by atoms with van der Waals surface area (Å²) in [4.78, 5) is 4.46. The van der Waals surface area contributed by atoms with Gasteiger partial charge in [-0.05, 0) is 27.6 Å². The molecular weight excluding hydrogens is 226 g/mol. The highest BCUT2D eigenvalue weighted by atomic mass is 79.9. The molecule has 0 N–H and O–H groups in total. The molecule has 1 aromatic heterocycles. The number of halogens is 1. The minimum atomic E-state index is 0.0628. The summed E-state index contributed by atoms with van der Waals surface area (Å²) in [5.41, 5.74) is 2.25. The molecule has 0 aliphatic rings. The third-order valence-electron chi connectivity index (χ3n) is 1.82. The summed E-state index contributed by atoms with van der Waals surface area (Å²) in [5.74, 6) is 0. The van der Waals surface area contributed by atoms with Crippen molar-refractivity contribution in [3.8, 4) is 0 Å². The Balaban J connectivity index is 3.32. The molecule has 0 saturated heterocycles. The lowest BCUT2D eigenvalue weighted by molar-refractivity contribution is 0.566. The van der Waals surface area contributed by atoms with E-state index in [-0.39, 0.29) is 5.41 Å². The van der Waals surface area contributed by atoms with Crippen LogP contribution in [-0.4, -0.2) is 4.98 Å². The molecule has 0 spiro atoms. The van der Waals surface area contributed by atoms with E-state index in [9.17, 15) is 0 Å². The third-order valence-corrected chi connectivity index (χ3v) is 2.26. The van der Waals surface area contributed by atoms with Crippen LogP contribution in [0, 0.1) is 0 Å². The number of aromatic nitrogens is 1. The van der Waals surface area contributed by atoms with Gasteiger partial charge in [-0.2, -0.15) is 0 Å².